The van der Waals surface area contributed by atoms with E-state index in [9.17, 15) is 13.2 Å². The molecule has 4 nitrogen and oxygen atoms in total. The number of nitrogens with zero attached hydrogens (tertiary/aromatic N) is 1. The lowest BCUT2D eigenvalue weighted by Crippen LogP contribution is -2.39. The Morgan fingerprint density at radius 1 is 1.22 bits per heavy atom. The van der Waals surface area contributed by atoms with Gasteiger partial charge >= 0.3 is 6.18 Å². The molecule has 0 saturated heterocycles. The van der Waals surface area contributed by atoms with Gasteiger partial charge in [0.1, 0.15) is 0 Å². The van der Waals surface area contributed by atoms with Gasteiger partial charge < -0.3 is 15.4 Å². The molecular weight excluding hydrogens is 422 g/mol. The highest BCUT2D eigenvalue weighted by atomic mass is 127. The van der Waals surface area contributed by atoms with Crippen molar-refractivity contribution in [3.8, 4) is 0 Å². The molecule has 0 aliphatic carbocycles. The van der Waals surface area contributed by atoms with Crippen molar-refractivity contribution in [3.63, 3.8) is 0 Å². The van der Waals surface area contributed by atoms with Crippen LogP contribution in [0.25, 0.3) is 0 Å². The zero-order valence-corrected chi connectivity index (χ0v) is 15.6. The Labute approximate surface area is 151 Å². The number of hydrogen-bond acceptors (Lipinski definition) is 2. The van der Waals surface area contributed by atoms with E-state index < -0.39 is 11.7 Å². The maximum Gasteiger partial charge on any atom is 0.416 e. The topological polar surface area (TPSA) is 45.7 Å². The number of benzene rings is 1. The van der Waals surface area contributed by atoms with Crippen molar-refractivity contribution in [1.29, 1.82) is 0 Å². The largest absolute Gasteiger partial charge is 0.416 e. The third kappa shape index (κ3) is 8.99. The molecule has 2 N–H and O–H groups in total. The molecule has 0 atom stereocenters. The Balaban J connectivity index is 0.00000484. The summed E-state index contributed by atoms with van der Waals surface area (Å²) in [6.07, 6.45) is -4.33. The molecule has 1 aromatic carbocycles. The van der Waals surface area contributed by atoms with Crippen molar-refractivity contribution in [2.24, 2.45) is 4.99 Å². The highest BCUT2D eigenvalue weighted by molar-refractivity contribution is 14.0. The molecular formula is C15H23F3IN3O. The van der Waals surface area contributed by atoms with Crippen molar-refractivity contribution in [2.45, 2.75) is 26.6 Å². The molecule has 132 valence electrons. The van der Waals surface area contributed by atoms with E-state index >= 15 is 0 Å². The van der Waals surface area contributed by atoms with Crippen LogP contribution in [-0.2, 0) is 17.5 Å². The second-order valence-electron chi connectivity index (χ2n) is 4.52. The van der Waals surface area contributed by atoms with Crippen molar-refractivity contribution >= 4 is 29.9 Å². The maximum atomic E-state index is 12.7. The molecule has 8 heteroatoms. The predicted octanol–water partition coefficient (Wildman–Crippen LogP) is 3.42. The Bertz CT molecular complexity index is 481. The lowest BCUT2D eigenvalue weighted by atomic mass is 10.1. The molecule has 0 heterocycles. The molecule has 0 saturated carbocycles. The summed E-state index contributed by atoms with van der Waals surface area (Å²) in [5, 5.41) is 6.10. The minimum absolute atomic E-state index is 0. The quantitative estimate of drug-likeness (QED) is 0.293. The van der Waals surface area contributed by atoms with Gasteiger partial charge in [0.2, 0.25) is 0 Å². The average molecular weight is 445 g/mol. The third-order valence-corrected chi connectivity index (χ3v) is 2.76. The molecule has 0 radical (unpaired) electrons. The van der Waals surface area contributed by atoms with Crippen LogP contribution in [-0.4, -0.2) is 32.3 Å². The van der Waals surface area contributed by atoms with Gasteiger partial charge in [-0.1, -0.05) is 12.1 Å². The van der Waals surface area contributed by atoms with Crippen LogP contribution in [0, 0.1) is 0 Å². The lowest BCUT2D eigenvalue weighted by molar-refractivity contribution is -0.137. The Hall–Kier alpha value is -1.03. The van der Waals surface area contributed by atoms with Crippen LogP contribution in [0.2, 0.25) is 0 Å². The van der Waals surface area contributed by atoms with E-state index in [4.69, 9.17) is 4.74 Å². The van der Waals surface area contributed by atoms with Crippen LogP contribution in [0.3, 0.4) is 0 Å². The monoisotopic (exact) mass is 445 g/mol. The minimum Gasteiger partial charge on any atom is -0.380 e. The van der Waals surface area contributed by atoms with E-state index in [2.05, 4.69) is 15.6 Å². The first kappa shape index (κ1) is 22.0. The number of aliphatic imine (C=N–C) groups is 1. The molecule has 0 unspecified atom stereocenters. The van der Waals surface area contributed by atoms with Crippen LogP contribution < -0.4 is 10.6 Å². The van der Waals surface area contributed by atoms with Crippen molar-refractivity contribution in [3.05, 3.63) is 35.4 Å². The molecule has 1 rings (SSSR count). The zero-order valence-electron chi connectivity index (χ0n) is 13.2. The fourth-order valence-electron chi connectivity index (χ4n) is 1.74. The number of rotatable bonds is 7. The van der Waals surface area contributed by atoms with E-state index in [0.717, 1.165) is 12.1 Å². The van der Waals surface area contributed by atoms with Gasteiger partial charge in [-0.3, -0.25) is 0 Å². The summed E-state index contributed by atoms with van der Waals surface area (Å²) >= 11 is 0. The number of guanidine groups is 1. The molecule has 0 bridgehead atoms. The van der Waals surface area contributed by atoms with E-state index in [-0.39, 0.29) is 30.5 Å². The van der Waals surface area contributed by atoms with Crippen LogP contribution in [0.5, 0.6) is 0 Å². The Kier molecular flexibility index (Phi) is 11.0. The van der Waals surface area contributed by atoms with Gasteiger partial charge in [0, 0.05) is 19.7 Å². The molecule has 0 fully saturated rings. The fourth-order valence-corrected chi connectivity index (χ4v) is 1.74. The van der Waals surface area contributed by atoms with Gasteiger partial charge in [0.25, 0.3) is 0 Å². The number of alkyl halides is 3. The summed E-state index contributed by atoms with van der Waals surface area (Å²) in [4.78, 5) is 4.28. The van der Waals surface area contributed by atoms with Crippen LogP contribution >= 0.6 is 24.0 Å². The summed E-state index contributed by atoms with van der Waals surface area (Å²) in [5.41, 5.74) is -0.147. The van der Waals surface area contributed by atoms with Gasteiger partial charge in [-0.25, -0.2) is 4.99 Å². The third-order valence-electron chi connectivity index (χ3n) is 2.76. The average Bonchev–Trinajstić information content (AvgIpc) is 2.48. The molecule has 0 aliphatic rings. The van der Waals surface area contributed by atoms with E-state index in [1.807, 2.05) is 13.8 Å². The summed E-state index contributed by atoms with van der Waals surface area (Å²) in [7, 11) is 0. The van der Waals surface area contributed by atoms with E-state index in [1.165, 1.54) is 6.07 Å². The fraction of sp³-hybridized carbons (Fsp3) is 0.533. The van der Waals surface area contributed by atoms with Gasteiger partial charge in [0.05, 0.1) is 18.7 Å². The van der Waals surface area contributed by atoms with Crippen molar-refractivity contribution in [2.75, 3.05) is 26.3 Å². The number of halogens is 4. The van der Waals surface area contributed by atoms with Crippen molar-refractivity contribution in [1.82, 2.24) is 10.6 Å². The molecule has 0 aliphatic heterocycles. The summed E-state index contributed by atoms with van der Waals surface area (Å²) in [6, 6.07) is 5.19. The standard InChI is InChI=1S/C15H22F3N3O.HI/c1-3-19-14(20-8-9-22-4-2)21-11-12-6-5-7-13(10-12)15(16,17)18;/h5-7,10H,3-4,8-9,11H2,1-2H3,(H2,19,20,21);1H. The van der Waals surface area contributed by atoms with Gasteiger partial charge in [-0.15, -0.1) is 24.0 Å². The summed E-state index contributed by atoms with van der Waals surface area (Å²) in [5.74, 6) is 0.555. The molecule has 23 heavy (non-hydrogen) atoms. The highest BCUT2D eigenvalue weighted by Gasteiger charge is 2.30. The first-order valence-corrected chi connectivity index (χ1v) is 7.23. The normalized spacial score (nSPS) is 11.8. The number of nitrogens with one attached hydrogen (secondary N) is 2. The first-order valence-electron chi connectivity index (χ1n) is 7.23. The Morgan fingerprint density at radius 2 is 1.96 bits per heavy atom. The smallest absolute Gasteiger partial charge is 0.380 e. The predicted molar refractivity (Wildman–Crippen MR) is 96.2 cm³/mol. The summed E-state index contributed by atoms with van der Waals surface area (Å²) in [6.45, 7) is 6.44. The molecule has 0 aromatic heterocycles. The second-order valence-corrected chi connectivity index (χ2v) is 4.52. The number of ether oxygens (including phenoxy) is 1. The van der Waals surface area contributed by atoms with Crippen molar-refractivity contribution < 1.29 is 17.9 Å². The number of hydrogen-bond donors (Lipinski definition) is 2. The highest BCUT2D eigenvalue weighted by Crippen LogP contribution is 2.29. The minimum atomic E-state index is -4.33. The SMILES string of the molecule is CCNC(=NCc1cccc(C(F)(F)F)c1)NCCOCC.I. The lowest BCUT2D eigenvalue weighted by Gasteiger charge is -2.12. The molecule has 1 aromatic rings. The van der Waals surface area contributed by atoms with E-state index in [0.29, 0.717) is 37.8 Å². The summed E-state index contributed by atoms with van der Waals surface area (Å²) < 4.78 is 43.2. The zero-order chi connectivity index (χ0) is 16.4. The first-order chi connectivity index (χ1) is 10.5. The second kappa shape index (κ2) is 11.5. The molecule has 0 spiro atoms. The maximum absolute atomic E-state index is 12.7. The van der Waals surface area contributed by atoms with E-state index in [1.54, 1.807) is 6.07 Å². The molecule has 0 amide bonds. The van der Waals surface area contributed by atoms with Crippen LogP contribution in [0.4, 0.5) is 13.2 Å². The van der Waals surface area contributed by atoms with Crippen LogP contribution in [0.15, 0.2) is 29.3 Å². The van der Waals surface area contributed by atoms with Gasteiger partial charge in [-0.05, 0) is 31.5 Å². The Morgan fingerprint density at radius 3 is 2.57 bits per heavy atom. The van der Waals surface area contributed by atoms with Gasteiger partial charge in [0.15, 0.2) is 5.96 Å². The van der Waals surface area contributed by atoms with Crippen LogP contribution in [0.1, 0.15) is 25.0 Å². The van der Waals surface area contributed by atoms with Gasteiger partial charge in [-0.2, -0.15) is 13.2 Å².